The topological polar surface area (TPSA) is 55.9 Å². The summed E-state index contributed by atoms with van der Waals surface area (Å²) in [5.41, 5.74) is 0.434. The zero-order valence-electron chi connectivity index (χ0n) is 14.9. The average molecular weight is 338 g/mol. The average Bonchev–Trinajstić information content (AvgIpc) is 2.49. The first-order valence-electron chi connectivity index (χ1n) is 7.90. The van der Waals surface area contributed by atoms with E-state index in [0.717, 1.165) is 6.54 Å². The Bertz CT molecular complexity index is 549. The molecule has 7 heteroatoms. The van der Waals surface area contributed by atoms with Crippen LogP contribution in [-0.2, 0) is 9.59 Å². The van der Waals surface area contributed by atoms with Crippen molar-refractivity contribution in [1.29, 1.82) is 0 Å². The fourth-order valence-electron chi connectivity index (χ4n) is 1.99. The standard InChI is InChI=1S/C17H27FN4O2/c1-20(2)10-11-22(13-17(24)21(3)4)9-8-16(23)19-15-7-5-6-14(18)12-15/h5-7,12H,8-11,13H2,1-4H3,(H,19,23). The number of nitrogens with one attached hydrogen (secondary N) is 1. The molecule has 0 heterocycles. The highest BCUT2D eigenvalue weighted by Crippen LogP contribution is 2.09. The van der Waals surface area contributed by atoms with Crippen LogP contribution in [0, 0.1) is 5.82 Å². The molecule has 6 nitrogen and oxygen atoms in total. The van der Waals surface area contributed by atoms with Crippen LogP contribution in [0.5, 0.6) is 0 Å². The maximum atomic E-state index is 13.1. The molecule has 0 spiro atoms. The zero-order chi connectivity index (χ0) is 18.1. The Hall–Kier alpha value is -1.99. The molecule has 0 aliphatic carbocycles. The molecule has 0 fully saturated rings. The largest absolute Gasteiger partial charge is 0.348 e. The van der Waals surface area contributed by atoms with Crippen LogP contribution >= 0.6 is 0 Å². The summed E-state index contributed by atoms with van der Waals surface area (Å²) in [6.07, 6.45) is 0.241. The Balaban J connectivity index is 2.52. The molecule has 2 amide bonds. The number of hydrogen-bond acceptors (Lipinski definition) is 4. The van der Waals surface area contributed by atoms with Crippen molar-refractivity contribution in [2.45, 2.75) is 6.42 Å². The SMILES string of the molecule is CN(C)CCN(CCC(=O)Nc1cccc(F)c1)CC(=O)N(C)C. The molecule has 0 aliphatic heterocycles. The maximum absolute atomic E-state index is 13.1. The van der Waals surface area contributed by atoms with E-state index < -0.39 is 5.82 Å². The highest BCUT2D eigenvalue weighted by atomic mass is 19.1. The number of nitrogens with zero attached hydrogens (tertiary/aromatic N) is 3. The van der Waals surface area contributed by atoms with Gasteiger partial charge >= 0.3 is 0 Å². The van der Waals surface area contributed by atoms with E-state index >= 15 is 0 Å². The third-order valence-corrected chi connectivity index (χ3v) is 3.48. The van der Waals surface area contributed by atoms with Gasteiger partial charge in [-0.25, -0.2) is 4.39 Å². The van der Waals surface area contributed by atoms with E-state index in [-0.39, 0.29) is 24.8 Å². The normalized spacial score (nSPS) is 11.0. The van der Waals surface area contributed by atoms with Crippen molar-refractivity contribution < 1.29 is 14.0 Å². The minimum absolute atomic E-state index is 0.000653. The van der Waals surface area contributed by atoms with E-state index in [1.807, 2.05) is 23.9 Å². The number of likely N-dealkylation sites (N-methyl/N-ethyl adjacent to an activating group) is 2. The van der Waals surface area contributed by atoms with Gasteiger partial charge in [0.25, 0.3) is 0 Å². The molecule has 134 valence electrons. The molecule has 0 atom stereocenters. The first-order chi connectivity index (χ1) is 11.3. The number of carbonyl (C=O) groups is 2. The summed E-state index contributed by atoms with van der Waals surface area (Å²) in [5.74, 6) is -0.593. The molecule has 0 aliphatic rings. The molecular formula is C17H27FN4O2. The van der Waals surface area contributed by atoms with E-state index in [2.05, 4.69) is 5.32 Å². The van der Waals surface area contributed by atoms with Gasteiger partial charge in [0, 0.05) is 45.8 Å². The number of anilines is 1. The van der Waals surface area contributed by atoms with Gasteiger partial charge in [0.15, 0.2) is 0 Å². The van der Waals surface area contributed by atoms with Crippen LogP contribution in [0.4, 0.5) is 10.1 Å². The van der Waals surface area contributed by atoms with E-state index in [1.54, 1.807) is 26.2 Å². The van der Waals surface area contributed by atoms with Crippen LogP contribution in [0.25, 0.3) is 0 Å². The molecule has 24 heavy (non-hydrogen) atoms. The van der Waals surface area contributed by atoms with Gasteiger partial charge in [-0.15, -0.1) is 0 Å². The number of rotatable bonds is 9. The number of hydrogen-bond donors (Lipinski definition) is 1. The van der Waals surface area contributed by atoms with Crippen molar-refractivity contribution in [2.24, 2.45) is 0 Å². The summed E-state index contributed by atoms with van der Waals surface area (Å²) in [4.78, 5) is 29.4. The van der Waals surface area contributed by atoms with Crippen LogP contribution < -0.4 is 5.32 Å². The number of halogens is 1. The van der Waals surface area contributed by atoms with E-state index in [1.165, 1.54) is 17.0 Å². The minimum Gasteiger partial charge on any atom is -0.348 e. The lowest BCUT2D eigenvalue weighted by molar-refractivity contribution is -0.130. The van der Waals surface area contributed by atoms with Crippen molar-refractivity contribution in [3.63, 3.8) is 0 Å². The van der Waals surface area contributed by atoms with Crippen molar-refractivity contribution in [3.05, 3.63) is 30.1 Å². The lowest BCUT2D eigenvalue weighted by Gasteiger charge is -2.24. The van der Waals surface area contributed by atoms with Crippen LogP contribution in [0.15, 0.2) is 24.3 Å². The molecule has 0 unspecified atom stereocenters. The zero-order valence-corrected chi connectivity index (χ0v) is 14.9. The predicted molar refractivity (Wildman–Crippen MR) is 93.3 cm³/mol. The predicted octanol–water partition coefficient (Wildman–Crippen LogP) is 1.11. The quantitative estimate of drug-likeness (QED) is 0.733. The number of benzene rings is 1. The Labute approximate surface area is 143 Å². The first kappa shape index (κ1) is 20.1. The van der Waals surface area contributed by atoms with Crippen molar-refractivity contribution in [1.82, 2.24) is 14.7 Å². The Morgan fingerprint density at radius 2 is 1.79 bits per heavy atom. The summed E-state index contributed by atoms with van der Waals surface area (Å²) >= 11 is 0. The van der Waals surface area contributed by atoms with E-state index in [4.69, 9.17) is 0 Å². The number of amides is 2. The minimum atomic E-state index is -0.392. The van der Waals surface area contributed by atoms with Gasteiger partial charge in [-0.05, 0) is 32.3 Å². The summed E-state index contributed by atoms with van der Waals surface area (Å²) in [5, 5.41) is 2.67. The van der Waals surface area contributed by atoms with Crippen LogP contribution in [0.3, 0.4) is 0 Å². The van der Waals surface area contributed by atoms with E-state index in [0.29, 0.717) is 18.8 Å². The molecule has 1 aromatic rings. The van der Waals surface area contributed by atoms with Gasteiger partial charge < -0.3 is 15.1 Å². The van der Waals surface area contributed by atoms with Gasteiger partial charge in [0.2, 0.25) is 11.8 Å². The summed E-state index contributed by atoms with van der Waals surface area (Å²) in [6, 6.07) is 5.78. The molecule has 0 aromatic heterocycles. The molecule has 1 N–H and O–H groups in total. The van der Waals surface area contributed by atoms with E-state index in [9.17, 15) is 14.0 Å². The van der Waals surface area contributed by atoms with Crippen LogP contribution in [0.1, 0.15) is 6.42 Å². The van der Waals surface area contributed by atoms with Gasteiger partial charge in [0.1, 0.15) is 5.82 Å². The van der Waals surface area contributed by atoms with Crippen molar-refractivity contribution >= 4 is 17.5 Å². The molecule has 0 bridgehead atoms. The Kier molecular flexibility index (Phi) is 8.35. The van der Waals surface area contributed by atoms with Gasteiger partial charge in [-0.2, -0.15) is 0 Å². The summed E-state index contributed by atoms with van der Waals surface area (Å²) in [7, 11) is 7.34. The lowest BCUT2D eigenvalue weighted by atomic mass is 10.3. The lowest BCUT2D eigenvalue weighted by Crippen LogP contribution is -2.41. The molecule has 1 aromatic carbocycles. The summed E-state index contributed by atoms with van der Waals surface area (Å²) in [6.45, 7) is 2.23. The first-order valence-corrected chi connectivity index (χ1v) is 7.90. The molecular weight excluding hydrogens is 311 g/mol. The van der Waals surface area contributed by atoms with Gasteiger partial charge in [-0.1, -0.05) is 6.07 Å². The van der Waals surface area contributed by atoms with Gasteiger partial charge in [0.05, 0.1) is 6.54 Å². The van der Waals surface area contributed by atoms with Crippen LogP contribution in [0.2, 0.25) is 0 Å². The van der Waals surface area contributed by atoms with Crippen molar-refractivity contribution in [2.75, 3.05) is 59.7 Å². The van der Waals surface area contributed by atoms with Gasteiger partial charge in [-0.3, -0.25) is 14.5 Å². The highest BCUT2D eigenvalue weighted by Gasteiger charge is 2.14. The Morgan fingerprint density at radius 1 is 1.08 bits per heavy atom. The second-order valence-electron chi connectivity index (χ2n) is 6.18. The number of carbonyl (C=O) groups excluding carboxylic acids is 2. The molecule has 0 saturated carbocycles. The van der Waals surface area contributed by atoms with Crippen molar-refractivity contribution in [3.8, 4) is 0 Å². The second kappa shape index (κ2) is 10.00. The molecule has 0 saturated heterocycles. The third kappa shape index (κ3) is 8.03. The fourth-order valence-corrected chi connectivity index (χ4v) is 1.99. The maximum Gasteiger partial charge on any atom is 0.236 e. The van der Waals surface area contributed by atoms with Crippen LogP contribution in [-0.4, -0.2) is 80.9 Å². The highest BCUT2D eigenvalue weighted by molar-refractivity contribution is 5.90. The second-order valence-corrected chi connectivity index (χ2v) is 6.18. The smallest absolute Gasteiger partial charge is 0.236 e. The Morgan fingerprint density at radius 3 is 2.38 bits per heavy atom. The molecule has 0 radical (unpaired) electrons. The third-order valence-electron chi connectivity index (χ3n) is 3.48. The molecule has 1 rings (SSSR count). The summed E-state index contributed by atoms with van der Waals surface area (Å²) < 4.78 is 13.1. The fraction of sp³-hybridized carbons (Fsp3) is 0.529. The monoisotopic (exact) mass is 338 g/mol.